The van der Waals surface area contributed by atoms with Crippen LogP contribution in [-0.2, 0) is 9.53 Å². The second-order valence-electron chi connectivity index (χ2n) is 4.67. The van der Waals surface area contributed by atoms with Crippen LogP contribution in [0.5, 0.6) is 0 Å². The van der Waals surface area contributed by atoms with Gasteiger partial charge in [0, 0.05) is 4.47 Å². The highest BCUT2D eigenvalue weighted by Crippen LogP contribution is 2.49. The van der Waals surface area contributed by atoms with Gasteiger partial charge in [0.15, 0.2) is 0 Å². The molecule has 0 fully saturated rings. The Balaban J connectivity index is 2.14. The molecule has 0 saturated carbocycles. The van der Waals surface area contributed by atoms with Crippen molar-refractivity contribution in [3.05, 3.63) is 52.0 Å². The normalized spacial score (nSPS) is 21.3. The molecule has 1 aromatic carbocycles. The Bertz CT molecular complexity index is 528. The molecule has 3 heteroatoms. The quantitative estimate of drug-likeness (QED) is 0.595. The van der Waals surface area contributed by atoms with Crippen LogP contribution in [0, 0.1) is 5.41 Å². The fourth-order valence-corrected chi connectivity index (χ4v) is 2.44. The number of halogens is 1. The maximum absolute atomic E-state index is 11.9. The van der Waals surface area contributed by atoms with Gasteiger partial charge in [0.25, 0.3) is 0 Å². The van der Waals surface area contributed by atoms with E-state index in [0.29, 0.717) is 0 Å². The molecule has 0 N–H and O–H groups in total. The third-order valence-electron chi connectivity index (χ3n) is 3.30. The largest absolute Gasteiger partial charge is 0.468 e. The lowest BCUT2D eigenvalue weighted by atomic mass is 9.96. The molecule has 1 aliphatic carbocycles. The summed E-state index contributed by atoms with van der Waals surface area (Å²) in [7, 11) is 1.44. The van der Waals surface area contributed by atoms with Crippen molar-refractivity contribution in [2.24, 2.45) is 5.41 Å². The van der Waals surface area contributed by atoms with Crippen LogP contribution in [-0.4, -0.2) is 13.1 Å². The monoisotopic (exact) mass is 320 g/mol. The summed E-state index contributed by atoms with van der Waals surface area (Å²) >= 11 is 3.40. The third kappa shape index (κ3) is 2.98. The van der Waals surface area contributed by atoms with Gasteiger partial charge in [0.1, 0.15) is 5.41 Å². The molecule has 0 spiro atoms. The lowest BCUT2D eigenvalue weighted by Gasteiger charge is -2.11. The molecular formula is C16H17BrO2. The minimum absolute atomic E-state index is 0.190. The molecule has 0 radical (unpaired) electrons. The first-order chi connectivity index (χ1) is 9.12. The number of methoxy groups -OCH3 is 1. The van der Waals surface area contributed by atoms with E-state index in [1.54, 1.807) is 0 Å². The van der Waals surface area contributed by atoms with Crippen molar-refractivity contribution in [1.29, 1.82) is 0 Å². The minimum Gasteiger partial charge on any atom is -0.468 e. The lowest BCUT2D eigenvalue weighted by molar-refractivity contribution is -0.144. The highest BCUT2D eigenvalue weighted by molar-refractivity contribution is 9.10. The lowest BCUT2D eigenvalue weighted by Crippen LogP contribution is -2.18. The Morgan fingerprint density at radius 1 is 1.37 bits per heavy atom. The molecule has 0 amide bonds. The van der Waals surface area contributed by atoms with Crippen molar-refractivity contribution in [1.82, 2.24) is 0 Å². The molecule has 100 valence electrons. The molecule has 0 heterocycles. The summed E-state index contributed by atoms with van der Waals surface area (Å²) in [5, 5.41) is 0. The topological polar surface area (TPSA) is 26.3 Å². The van der Waals surface area contributed by atoms with Crippen LogP contribution in [0.2, 0.25) is 0 Å². The third-order valence-corrected chi connectivity index (χ3v) is 3.83. The van der Waals surface area contributed by atoms with Gasteiger partial charge in [0.05, 0.1) is 7.11 Å². The first-order valence-electron chi connectivity index (χ1n) is 6.38. The Kier molecular flexibility index (Phi) is 4.25. The van der Waals surface area contributed by atoms with Crippen LogP contribution in [0.1, 0.15) is 25.3 Å². The van der Waals surface area contributed by atoms with Crippen LogP contribution in [0.3, 0.4) is 0 Å². The van der Waals surface area contributed by atoms with Crippen LogP contribution < -0.4 is 0 Å². The number of hydrogen-bond acceptors (Lipinski definition) is 2. The number of benzene rings is 1. The van der Waals surface area contributed by atoms with Gasteiger partial charge in [-0.2, -0.15) is 0 Å². The van der Waals surface area contributed by atoms with Gasteiger partial charge in [-0.05, 0) is 29.7 Å². The molecule has 19 heavy (non-hydrogen) atoms. The van der Waals surface area contributed by atoms with Gasteiger partial charge < -0.3 is 4.74 Å². The molecule has 2 rings (SSSR count). The zero-order valence-electron chi connectivity index (χ0n) is 11.2. The summed E-state index contributed by atoms with van der Waals surface area (Å²) in [6.45, 7) is 2.11. The predicted molar refractivity (Wildman–Crippen MR) is 80.6 cm³/mol. The number of hydrogen-bond donors (Lipinski definition) is 0. The number of esters is 1. The van der Waals surface area contributed by atoms with E-state index in [0.717, 1.165) is 28.5 Å². The summed E-state index contributed by atoms with van der Waals surface area (Å²) in [6.07, 6.45) is 7.89. The van der Waals surface area contributed by atoms with E-state index < -0.39 is 5.41 Å². The first kappa shape index (κ1) is 14.1. The average molecular weight is 321 g/mol. The Labute approximate surface area is 122 Å². The van der Waals surface area contributed by atoms with Crippen LogP contribution in [0.4, 0.5) is 0 Å². The van der Waals surface area contributed by atoms with Gasteiger partial charge >= 0.3 is 5.97 Å². The van der Waals surface area contributed by atoms with Gasteiger partial charge in [-0.3, -0.25) is 4.79 Å². The van der Waals surface area contributed by atoms with Crippen molar-refractivity contribution in [2.45, 2.75) is 19.8 Å². The second kappa shape index (κ2) is 5.74. The van der Waals surface area contributed by atoms with Gasteiger partial charge in [-0.25, -0.2) is 0 Å². The Hall–Kier alpha value is -1.35. The molecule has 0 aromatic heterocycles. The molecule has 0 aliphatic heterocycles. The highest BCUT2D eigenvalue weighted by Gasteiger charge is 2.48. The molecular weight excluding hydrogens is 304 g/mol. The van der Waals surface area contributed by atoms with Crippen LogP contribution >= 0.6 is 15.9 Å². The number of ether oxygens (including phenoxy) is 1. The van der Waals surface area contributed by atoms with Crippen LogP contribution in [0.15, 0.2) is 46.5 Å². The smallest absolute Gasteiger partial charge is 0.323 e. The zero-order chi connectivity index (χ0) is 13.9. The van der Waals surface area contributed by atoms with E-state index in [1.165, 1.54) is 7.11 Å². The van der Waals surface area contributed by atoms with Crippen molar-refractivity contribution < 1.29 is 9.53 Å². The summed E-state index contributed by atoms with van der Waals surface area (Å²) in [6, 6.07) is 7.98. The maximum atomic E-state index is 11.9. The van der Waals surface area contributed by atoms with Crippen molar-refractivity contribution in [3.63, 3.8) is 0 Å². The highest BCUT2D eigenvalue weighted by atomic mass is 79.9. The summed E-state index contributed by atoms with van der Waals surface area (Å²) in [4.78, 5) is 11.9. The number of rotatable bonds is 5. The molecule has 1 aromatic rings. The Morgan fingerprint density at radius 3 is 2.63 bits per heavy atom. The molecule has 1 aliphatic rings. The van der Waals surface area contributed by atoms with Crippen LogP contribution in [0.25, 0.3) is 6.08 Å². The zero-order valence-corrected chi connectivity index (χ0v) is 12.7. The second-order valence-corrected chi connectivity index (χ2v) is 5.58. The summed E-state index contributed by atoms with van der Waals surface area (Å²) in [5.74, 6) is -0.190. The standard InChI is InChI=1S/C16H17BrO2/c1-3-4-13-11-16(13,15(18)19-2)10-9-12-5-7-14(17)8-6-12/h5-11H,3-4H2,1-2H3/b10-9+/t16-/m0/s1. The first-order valence-corrected chi connectivity index (χ1v) is 7.17. The fourth-order valence-electron chi connectivity index (χ4n) is 2.17. The number of carbonyl (C=O) groups is 1. The SMILES string of the molecule is CCCC1=C[C@]1(/C=C/c1ccc(Br)cc1)C(=O)OC. The van der Waals surface area contributed by atoms with Gasteiger partial charge in [0.2, 0.25) is 0 Å². The molecule has 2 nitrogen and oxygen atoms in total. The average Bonchev–Trinajstić information content (AvgIpc) is 3.12. The van der Waals surface area contributed by atoms with Gasteiger partial charge in [-0.15, -0.1) is 0 Å². The molecule has 0 saturated heterocycles. The van der Waals surface area contributed by atoms with Gasteiger partial charge in [-0.1, -0.05) is 59.6 Å². The molecule has 0 bridgehead atoms. The molecule has 0 unspecified atom stereocenters. The molecule has 1 atom stereocenters. The van der Waals surface area contributed by atoms with Crippen molar-refractivity contribution in [3.8, 4) is 0 Å². The van der Waals surface area contributed by atoms with E-state index in [1.807, 2.05) is 42.5 Å². The van der Waals surface area contributed by atoms with E-state index in [-0.39, 0.29) is 5.97 Å². The van der Waals surface area contributed by atoms with Crippen molar-refractivity contribution in [2.75, 3.05) is 7.11 Å². The number of carbonyl (C=O) groups excluding carboxylic acids is 1. The fraction of sp³-hybridized carbons (Fsp3) is 0.312. The Morgan fingerprint density at radius 2 is 2.05 bits per heavy atom. The maximum Gasteiger partial charge on any atom is 0.323 e. The summed E-state index contributed by atoms with van der Waals surface area (Å²) in [5.41, 5.74) is 1.65. The predicted octanol–water partition coefficient (Wildman–Crippen LogP) is 4.36. The van der Waals surface area contributed by atoms with E-state index >= 15 is 0 Å². The van der Waals surface area contributed by atoms with E-state index in [2.05, 4.69) is 22.9 Å². The summed E-state index contributed by atoms with van der Waals surface area (Å²) < 4.78 is 5.96. The minimum atomic E-state index is -0.585. The van der Waals surface area contributed by atoms with E-state index in [4.69, 9.17) is 4.74 Å². The van der Waals surface area contributed by atoms with E-state index in [9.17, 15) is 4.79 Å². The van der Waals surface area contributed by atoms with Crippen molar-refractivity contribution >= 4 is 28.0 Å².